The van der Waals surface area contributed by atoms with Gasteiger partial charge in [-0.1, -0.05) is 12.0 Å². The molecule has 18 nitrogen and oxygen atoms in total. The van der Waals surface area contributed by atoms with Gasteiger partial charge in [-0.3, -0.25) is 34.5 Å². The maximum absolute atomic E-state index is 17.6. The fourth-order valence-corrected chi connectivity index (χ4v) is 14.2. The van der Waals surface area contributed by atoms with Gasteiger partial charge in [0.15, 0.2) is 12.6 Å². The molecule has 2 bridgehead atoms. The van der Waals surface area contributed by atoms with E-state index in [1.807, 2.05) is 37.8 Å². The third-order valence-electron chi connectivity index (χ3n) is 18.5. The topological polar surface area (TPSA) is 175 Å². The number of carbonyl (C=O) groups is 4. The molecule has 444 valence electrons. The van der Waals surface area contributed by atoms with Crippen molar-refractivity contribution in [3.8, 4) is 35.4 Å². The second-order valence-corrected chi connectivity index (χ2v) is 25.2. The Morgan fingerprint density at radius 2 is 1.52 bits per heavy atom. The van der Waals surface area contributed by atoms with Crippen LogP contribution in [0.5, 0.6) is 11.8 Å². The number of nitrogens with one attached hydrogen (secondary N) is 1. The molecule has 0 saturated carbocycles. The van der Waals surface area contributed by atoms with Gasteiger partial charge in [-0.25, -0.2) is 13.6 Å². The molecule has 2 aromatic heterocycles. The molecule has 3 unspecified atom stereocenters. The van der Waals surface area contributed by atoms with E-state index < -0.39 is 23.3 Å². The highest BCUT2D eigenvalue weighted by molar-refractivity contribution is 6.06. The molecule has 0 radical (unpaired) electrons. The third kappa shape index (κ3) is 11.9. The summed E-state index contributed by atoms with van der Waals surface area (Å²) in [5.74, 6) is 3.18. The molecular formula is C64H76F2N10O8. The largest absolute Gasteiger partial charge is 0.468 e. The van der Waals surface area contributed by atoms with E-state index in [1.54, 1.807) is 29.3 Å². The van der Waals surface area contributed by atoms with Crippen LogP contribution >= 0.6 is 0 Å². The molecule has 1 N–H and O–H groups in total. The Morgan fingerprint density at radius 3 is 2.23 bits per heavy atom. The monoisotopic (exact) mass is 1150 g/mol. The van der Waals surface area contributed by atoms with Gasteiger partial charge in [-0.2, -0.15) is 9.97 Å². The number of imide groups is 1. The Balaban J connectivity index is 0.652. The summed E-state index contributed by atoms with van der Waals surface area (Å²) in [4.78, 5) is 78.5. The number of anilines is 2. The molecule has 7 aliphatic heterocycles. The van der Waals surface area contributed by atoms with Gasteiger partial charge in [0, 0.05) is 87.7 Å². The first-order chi connectivity index (χ1) is 40.6. The molecule has 3 aromatic carbocycles. The standard InChI is InChI=1S/C64H76F2N10O8/c1-6-48-52(65)12-7-42-31-47(83-38-81-5)32-50(55(42)48)57-56(66)58-51(33-67-57)59(74-36-45-8-9-46(37-74)76(45)63(80)84-64(2,3)4)70-62(69-58)82-28-27-71-21-17-41(18-22-71)34-72-23-15-39(16-24-72)29-40-19-25-73(26-20-40)44-10-11-49-43(30-44)35-75(61(49)79)53-13-14-54(77)68-60(53)78/h1,7,10-12,30-33,39-41,45-46,53H,8-9,13-29,34-38H2,2-5H3,(H,68,77,78). The van der Waals surface area contributed by atoms with Crippen LogP contribution in [0.3, 0.4) is 0 Å². The number of piperazine rings is 1. The second kappa shape index (κ2) is 24.0. The average Bonchev–Trinajstić information content (AvgIpc) is 1.79. The minimum absolute atomic E-state index is 0.0143. The molecule has 12 rings (SSSR count). The number of hydrogen-bond donors (Lipinski definition) is 1. The van der Waals surface area contributed by atoms with E-state index >= 15 is 8.78 Å². The Morgan fingerprint density at radius 1 is 0.810 bits per heavy atom. The van der Waals surface area contributed by atoms with Crippen LogP contribution in [-0.4, -0.2) is 168 Å². The number of halogens is 2. The molecule has 0 aliphatic carbocycles. The van der Waals surface area contributed by atoms with Crippen molar-refractivity contribution >= 4 is 57.0 Å². The van der Waals surface area contributed by atoms with Crippen LogP contribution in [0.1, 0.15) is 113 Å². The summed E-state index contributed by atoms with van der Waals surface area (Å²) in [6, 6.07) is 11.3. The van der Waals surface area contributed by atoms with Gasteiger partial charge in [0.25, 0.3) is 5.91 Å². The van der Waals surface area contributed by atoms with Gasteiger partial charge in [-0.15, -0.1) is 6.42 Å². The first-order valence-corrected chi connectivity index (χ1v) is 30.2. The molecule has 7 aliphatic rings. The molecule has 4 amide bonds. The van der Waals surface area contributed by atoms with Crippen molar-refractivity contribution in [3.05, 3.63) is 77.0 Å². The van der Waals surface area contributed by atoms with Gasteiger partial charge in [0.1, 0.15) is 46.8 Å². The lowest BCUT2D eigenvalue weighted by Crippen LogP contribution is -2.57. The van der Waals surface area contributed by atoms with Crippen LogP contribution in [-0.2, 0) is 25.6 Å². The first-order valence-electron chi connectivity index (χ1n) is 30.2. The predicted octanol–water partition coefficient (Wildman–Crippen LogP) is 8.55. The maximum atomic E-state index is 17.6. The molecule has 3 atom stereocenters. The number of pyridine rings is 1. The van der Waals surface area contributed by atoms with Gasteiger partial charge >= 0.3 is 12.1 Å². The normalized spacial score (nSPS) is 22.2. The van der Waals surface area contributed by atoms with Crippen molar-refractivity contribution in [1.82, 2.24) is 39.9 Å². The summed E-state index contributed by atoms with van der Waals surface area (Å²) in [6.07, 6.45) is 17.5. The van der Waals surface area contributed by atoms with Crippen molar-refractivity contribution in [2.24, 2.45) is 17.8 Å². The quantitative estimate of drug-likeness (QED) is 0.0599. The molecule has 84 heavy (non-hydrogen) atoms. The fourth-order valence-electron chi connectivity index (χ4n) is 14.2. The summed E-state index contributed by atoms with van der Waals surface area (Å²) in [7, 11) is 1.49. The van der Waals surface area contributed by atoms with E-state index in [0.717, 1.165) is 102 Å². The zero-order valence-electron chi connectivity index (χ0n) is 48.7. The summed E-state index contributed by atoms with van der Waals surface area (Å²) in [5.41, 5.74) is 2.18. The second-order valence-electron chi connectivity index (χ2n) is 25.2. The Hall–Kier alpha value is -7.21. The number of amides is 4. The Labute approximate surface area is 489 Å². The molecular weight excluding hydrogens is 1070 g/mol. The fraction of sp³-hybridized carbons (Fsp3) is 0.547. The number of fused-ring (bicyclic) bond motifs is 5. The number of likely N-dealkylation sites (tertiary alicyclic amines) is 2. The van der Waals surface area contributed by atoms with Gasteiger partial charge < -0.3 is 38.5 Å². The highest BCUT2D eigenvalue weighted by atomic mass is 19.1. The van der Waals surface area contributed by atoms with Crippen molar-refractivity contribution in [3.63, 3.8) is 0 Å². The minimum Gasteiger partial charge on any atom is -0.468 e. The van der Waals surface area contributed by atoms with Crippen LogP contribution in [0, 0.1) is 41.7 Å². The zero-order valence-corrected chi connectivity index (χ0v) is 48.7. The zero-order chi connectivity index (χ0) is 58.4. The van der Waals surface area contributed by atoms with E-state index in [0.29, 0.717) is 77.7 Å². The van der Waals surface area contributed by atoms with Crippen LogP contribution in [0.25, 0.3) is 32.9 Å². The summed E-state index contributed by atoms with van der Waals surface area (Å²) in [6.45, 7) is 15.0. The lowest BCUT2D eigenvalue weighted by molar-refractivity contribution is -0.136. The molecule has 9 heterocycles. The number of carbonyl (C=O) groups excluding carboxylic acids is 4. The summed E-state index contributed by atoms with van der Waals surface area (Å²) < 4.78 is 56.1. The van der Waals surface area contributed by atoms with E-state index in [-0.39, 0.29) is 84.1 Å². The summed E-state index contributed by atoms with van der Waals surface area (Å²) in [5, 5.41) is 3.60. The number of piperidine rings is 4. The van der Waals surface area contributed by atoms with E-state index in [2.05, 4.69) is 41.9 Å². The van der Waals surface area contributed by atoms with Crippen LogP contribution in [0.2, 0.25) is 0 Å². The van der Waals surface area contributed by atoms with Gasteiger partial charge in [-0.05, 0) is 176 Å². The average molecular weight is 1150 g/mol. The maximum Gasteiger partial charge on any atom is 0.410 e. The minimum atomic E-state index is -0.755. The van der Waals surface area contributed by atoms with Crippen LogP contribution < -0.4 is 24.6 Å². The lowest BCUT2D eigenvalue weighted by Gasteiger charge is -2.42. The first kappa shape index (κ1) is 57.2. The molecule has 6 saturated heterocycles. The number of methoxy groups -OCH3 is 1. The number of terminal acetylenes is 1. The van der Waals surface area contributed by atoms with Gasteiger partial charge in [0.2, 0.25) is 11.8 Å². The summed E-state index contributed by atoms with van der Waals surface area (Å²) >= 11 is 0. The number of benzene rings is 3. The van der Waals surface area contributed by atoms with E-state index in [4.69, 9.17) is 35.3 Å². The highest BCUT2D eigenvalue weighted by Crippen LogP contribution is 2.42. The van der Waals surface area contributed by atoms with Crippen LogP contribution in [0.15, 0.2) is 48.7 Å². The molecule has 6 fully saturated rings. The lowest BCUT2D eigenvalue weighted by atomic mass is 9.82. The Kier molecular flexibility index (Phi) is 16.4. The van der Waals surface area contributed by atoms with E-state index in [9.17, 15) is 19.2 Å². The molecule has 20 heteroatoms. The molecule has 0 spiro atoms. The number of aromatic nitrogens is 3. The number of nitrogens with zero attached hydrogens (tertiary/aromatic N) is 9. The van der Waals surface area contributed by atoms with Crippen molar-refractivity contribution < 1.29 is 46.9 Å². The third-order valence-corrected chi connectivity index (χ3v) is 18.5. The number of ether oxygens (including phenoxy) is 4. The van der Waals surface area contributed by atoms with Crippen LogP contribution in [0.4, 0.5) is 25.1 Å². The number of rotatable bonds is 15. The highest BCUT2D eigenvalue weighted by Gasteiger charge is 2.46. The SMILES string of the molecule is C#Cc1c(F)ccc2cc(OCOC)cc(-c3ncc4c(N5CC6CCC(C5)N6C(=O)OC(C)(C)C)nc(OCCN5CCC(CN6CCC(CC7CCN(c8ccc9c(c8)CN(C8CCC(=O)NC8=O)C9=O)CC7)CC6)CC5)nc4c3F)c12. The molecule has 5 aromatic rings. The Bertz CT molecular complexity index is 3370. The van der Waals surface area contributed by atoms with Crippen molar-refractivity contribution in [2.45, 2.75) is 122 Å². The smallest absolute Gasteiger partial charge is 0.410 e. The predicted molar refractivity (Wildman–Crippen MR) is 314 cm³/mol. The number of hydrogen-bond acceptors (Lipinski definition) is 15. The van der Waals surface area contributed by atoms with E-state index in [1.165, 1.54) is 32.4 Å². The van der Waals surface area contributed by atoms with Crippen molar-refractivity contribution in [1.29, 1.82) is 0 Å². The van der Waals surface area contributed by atoms with Crippen molar-refractivity contribution in [2.75, 3.05) is 95.8 Å². The van der Waals surface area contributed by atoms with Gasteiger partial charge in [0.05, 0.1) is 23.0 Å².